The number of carbonyl (C=O) groups is 1. The molecule has 0 amide bonds. The number of halogens is 1. The van der Waals surface area contributed by atoms with Crippen molar-refractivity contribution < 1.29 is 27.4 Å². The molecule has 1 fully saturated rings. The first kappa shape index (κ1) is 25.7. The molecule has 0 radical (unpaired) electrons. The summed E-state index contributed by atoms with van der Waals surface area (Å²) in [4.78, 5) is 11.1. The van der Waals surface area contributed by atoms with Gasteiger partial charge in [-0.2, -0.15) is 13.5 Å². The van der Waals surface area contributed by atoms with Gasteiger partial charge in [0.1, 0.15) is 11.6 Å². The molecule has 2 aromatic carbocycles. The third kappa shape index (κ3) is 5.38. The van der Waals surface area contributed by atoms with Crippen LogP contribution >= 0.6 is 0 Å². The van der Waals surface area contributed by atoms with Crippen molar-refractivity contribution in [3.05, 3.63) is 65.6 Å². The molecular formula is C26H30FN3O5S. The predicted octanol–water partition coefficient (Wildman–Crippen LogP) is 5.45. The molecule has 0 saturated heterocycles. The SMILES string of the molecule is COc1cc(C(=O)O)c(F)cc1NS(=O)(=O)c1ccn(-c2ccc([C@H]3CC[C@@H](C(C)C)CC3)cc2)n1. The van der Waals surface area contributed by atoms with Gasteiger partial charge in [0.15, 0.2) is 5.03 Å². The van der Waals surface area contributed by atoms with Crippen LogP contribution in [-0.2, 0) is 10.0 Å². The number of aromatic nitrogens is 2. The van der Waals surface area contributed by atoms with E-state index < -0.39 is 27.4 Å². The van der Waals surface area contributed by atoms with Crippen LogP contribution in [0.1, 0.15) is 61.4 Å². The van der Waals surface area contributed by atoms with Gasteiger partial charge >= 0.3 is 5.97 Å². The molecule has 1 saturated carbocycles. The Bertz CT molecular complexity index is 1340. The summed E-state index contributed by atoms with van der Waals surface area (Å²) in [5, 5.41) is 13.0. The third-order valence-electron chi connectivity index (χ3n) is 6.95. The van der Waals surface area contributed by atoms with Crippen LogP contribution in [0, 0.1) is 17.7 Å². The number of hydrogen-bond acceptors (Lipinski definition) is 5. The minimum atomic E-state index is -4.20. The van der Waals surface area contributed by atoms with Crippen molar-refractivity contribution in [3.8, 4) is 11.4 Å². The van der Waals surface area contributed by atoms with E-state index >= 15 is 0 Å². The van der Waals surface area contributed by atoms with Crippen molar-refractivity contribution in [1.82, 2.24) is 9.78 Å². The fourth-order valence-corrected chi connectivity index (χ4v) is 5.76. The van der Waals surface area contributed by atoms with Gasteiger partial charge in [0, 0.05) is 12.3 Å². The van der Waals surface area contributed by atoms with E-state index in [4.69, 9.17) is 9.84 Å². The van der Waals surface area contributed by atoms with E-state index in [1.54, 1.807) is 0 Å². The molecule has 4 rings (SSSR count). The number of aromatic carboxylic acids is 1. The van der Waals surface area contributed by atoms with E-state index in [1.165, 1.54) is 55.3 Å². The number of nitrogens with zero attached hydrogens (tertiary/aromatic N) is 2. The number of carboxylic acid groups (broad SMARTS) is 1. The maximum atomic E-state index is 14.2. The number of ether oxygens (including phenoxy) is 1. The summed E-state index contributed by atoms with van der Waals surface area (Å²) in [6, 6.07) is 11.0. The number of carboxylic acids is 1. The zero-order valence-corrected chi connectivity index (χ0v) is 21.3. The lowest BCUT2D eigenvalue weighted by atomic mass is 9.75. The first-order valence-electron chi connectivity index (χ1n) is 11.9. The summed E-state index contributed by atoms with van der Waals surface area (Å²) >= 11 is 0. The lowest BCUT2D eigenvalue weighted by Crippen LogP contribution is -2.17. The minimum absolute atomic E-state index is 0.130. The Morgan fingerprint density at radius 1 is 1.14 bits per heavy atom. The summed E-state index contributed by atoms with van der Waals surface area (Å²) in [5.74, 6) is -0.662. The highest BCUT2D eigenvalue weighted by Gasteiger charge is 2.25. The van der Waals surface area contributed by atoms with Gasteiger partial charge in [-0.05, 0) is 73.3 Å². The molecule has 2 N–H and O–H groups in total. The number of anilines is 1. The monoisotopic (exact) mass is 515 g/mol. The maximum absolute atomic E-state index is 14.2. The van der Waals surface area contributed by atoms with Crippen LogP contribution in [0.4, 0.5) is 10.1 Å². The van der Waals surface area contributed by atoms with Crippen molar-refractivity contribution in [2.75, 3.05) is 11.8 Å². The van der Waals surface area contributed by atoms with E-state index in [-0.39, 0.29) is 16.5 Å². The lowest BCUT2D eigenvalue weighted by Gasteiger charge is -2.31. The number of methoxy groups -OCH3 is 1. The van der Waals surface area contributed by atoms with Crippen LogP contribution in [0.3, 0.4) is 0 Å². The molecule has 1 aliphatic carbocycles. The molecule has 0 bridgehead atoms. The lowest BCUT2D eigenvalue weighted by molar-refractivity contribution is 0.0691. The fourth-order valence-electron chi connectivity index (χ4n) is 4.78. The molecule has 1 heterocycles. The summed E-state index contributed by atoms with van der Waals surface area (Å²) in [5.41, 5.74) is 1.13. The van der Waals surface area contributed by atoms with Crippen molar-refractivity contribution in [1.29, 1.82) is 0 Å². The number of sulfonamides is 1. The molecule has 0 atom stereocenters. The van der Waals surface area contributed by atoms with Crippen LogP contribution in [0.2, 0.25) is 0 Å². The normalized spacial score (nSPS) is 18.2. The van der Waals surface area contributed by atoms with Crippen LogP contribution in [0.5, 0.6) is 5.75 Å². The summed E-state index contributed by atoms with van der Waals surface area (Å²) in [6.45, 7) is 4.58. The molecule has 8 nitrogen and oxygen atoms in total. The quantitative estimate of drug-likeness (QED) is 0.413. The van der Waals surface area contributed by atoms with Crippen molar-refractivity contribution in [3.63, 3.8) is 0 Å². The smallest absolute Gasteiger partial charge is 0.338 e. The summed E-state index contributed by atoms with van der Waals surface area (Å²) < 4.78 is 48.7. The number of nitrogens with one attached hydrogen (secondary N) is 1. The van der Waals surface area contributed by atoms with E-state index in [9.17, 15) is 17.6 Å². The summed E-state index contributed by atoms with van der Waals surface area (Å²) in [7, 11) is -2.97. The number of hydrogen-bond donors (Lipinski definition) is 2. The first-order chi connectivity index (χ1) is 17.1. The van der Waals surface area contributed by atoms with Gasteiger partial charge in [-0.25, -0.2) is 13.9 Å². The fraction of sp³-hybridized carbons (Fsp3) is 0.385. The van der Waals surface area contributed by atoms with Gasteiger partial charge < -0.3 is 9.84 Å². The Morgan fingerprint density at radius 2 is 1.81 bits per heavy atom. The second-order valence-corrected chi connectivity index (χ2v) is 11.1. The Kier molecular flexibility index (Phi) is 7.35. The minimum Gasteiger partial charge on any atom is -0.495 e. The first-order valence-corrected chi connectivity index (χ1v) is 13.4. The van der Waals surface area contributed by atoms with Crippen molar-refractivity contribution in [2.45, 2.75) is 50.5 Å². The van der Waals surface area contributed by atoms with Crippen LogP contribution in [-0.4, -0.2) is 36.4 Å². The van der Waals surface area contributed by atoms with Gasteiger partial charge in [-0.3, -0.25) is 4.72 Å². The van der Waals surface area contributed by atoms with Gasteiger partial charge in [-0.1, -0.05) is 26.0 Å². The van der Waals surface area contributed by atoms with E-state index in [0.717, 1.165) is 24.0 Å². The molecule has 0 aliphatic heterocycles. The second-order valence-electron chi connectivity index (χ2n) is 9.49. The topological polar surface area (TPSA) is 111 Å². The van der Waals surface area contributed by atoms with E-state index in [0.29, 0.717) is 11.6 Å². The molecule has 3 aromatic rings. The Hall–Kier alpha value is -3.40. The van der Waals surface area contributed by atoms with Crippen molar-refractivity contribution in [2.24, 2.45) is 11.8 Å². The summed E-state index contributed by atoms with van der Waals surface area (Å²) in [6.07, 6.45) is 6.37. The highest BCUT2D eigenvalue weighted by molar-refractivity contribution is 7.92. The molecule has 1 aliphatic rings. The Balaban J connectivity index is 1.50. The highest BCUT2D eigenvalue weighted by Crippen LogP contribution is 2.38. The molecule has 0 unspecified atom stereocenters. The molecule has 192 valence electrons. The van der Waals surface area contributed by atoms with Gasteiger partial charge in [0.2, 0.25) is 0 Å². The Labute approximate surface area is 210 Å². The zero-order chi connectivity index (χ0) is 26.0. The Morgan fingerprint density at radius 3 is 2.39 bits per heavy atom. The highest BCUT2D eigenvalue weighted by atomic mass is 32.2. The number of benzene rings is 2. The van der Waals surface area contributed by atoms with Gasteiger partial charge in [-0.15, -0.1) is 0 Å². The molecular weight excluding hydrogens is 485 g/mol. The van der Waals surface area contributed by atoms with Crippen LogP contribution < -0.4 is 9.46 Å². The predicted molar refractivity (Wildman–Crippen MR) is 134 cm³/mol. The average molecular weight is 516 g/mol. The average Bonchev–Trinajstić information content (AvgIpc) is 3.35. The van der Waals surface area contributed by atoms with Crippen LogP contribution in [0.15, 0.2) is 53.7 Å². The van der Waals surface area contributed by atoms with E-state index in [2.05, 4.69) is 35.8 Å². The zero-order valence-electron chi connectivity index (χ0n) is 20.4. The molecule has 1 aromatic heterocycles. The van der Waals surface area contributed by atoms with Gasteiger partial charge in [0.05, 0.1) is 24.0 Å². The number of rotatable bonds is 8. The van der Waals surface area contributed by atoms with E-state index in [1.807, 2.05) is 12.1 Å². The van der Waals surface area contributed by atoms with Crippen LogP contribution in [0.25, 0.3) is 5.69 Å². The standard InChI is InChI=1S/C26H30FN3O5S/c1-16(2)17-4-6-18(7-5-17)19-8-10-20(11-9-19)30-13-12-25(28-30)36(33,34)29-23-15-22(27)21(26(31)32)14-24(23)35-3/h8-18,29H,4-7H2,1-3H3,(H,31,32)/t17-,18+. The molecule has 36 heavy (non-hydrogen) atoms. The molecule has 10 heteroatoms. The van der Waals surface area contributed by atoms with Crippen molar-refractivity contribution >= 4 is 21.7 Å². The largest absolute Gasteiger partial charge is 0.495 e. The maximum Gasteiger partial charge on any atom is 0.338 e. The van der Waals surface area contributed by atoms with Gasteiger partial charge in [0.25, 0.3) is 10.0 Å². The third-order valence-corrected chi connectivity index (χ3v) is 8.20. The second kappa shape index (κ2) is 10.3. The molecule has 0 spiro atoms.